The third-order valence-corrected chi connectivity index (χ3v) is 4.21. The average Bonchev–Trinajstić information content (AvgIpc) is 2.62. The molecular weight excluding hydrogens is 338 g/mol. The van der Waals surface area contributed by atoms with Crippen LogP contribution in [0.15, 0.2) is 36.3 Å². The number of nitrogens with two attached hydrogens (primary N) is 2. The number of aryl methyl sites for hydroxylation is 1. The molecule has 0 amide bonds. The van der Waals surface area contributed by atoms with Crippen molar-refractivity contribution in [3.63, 3.8) is 0 Å². The average molecular weight is 370 g/mol. The number of hydrogen-bond donors (Lipinski definition) is 3. The first kappa shape index (κ1) is 20.6. The van der Waals surface area contributed by atoms with Crippen molar-refractivity contribution in [3.8, 4) is 0 Å². The molecule has 0 saturated heterocycles. The van der Waals surface area contributed by atoms with Crippen LogP contribution in [-0.2, 0) is 11.8 Å². The van der Waals surface area contributed by atoms with Crippen molar-refractivity contribution in [3.05, 3.63) is 53.2 Å². The Labute approximate surface area is 161 Å². The second-order valence-electron chi connectivity index (χ2n) is 7.64. The van der Waals surface area contributed by atoms with Crippen LogP contribution in [0, 0.1) is 0 Å². The monoisotopic (exact) mass is 369 g/mol. The van der Waals surface area contributed by atoms with E-state index in [2.05, 4.69) is 54.0 Å². The Bertz CT molecular complexity index is 774. The van der Waals surface area contributed by atoms with Gasteiger partial charge in [-0.2, -0.15) is 0 Å². The maximum absolute atomic E-state index is 6.34. The van der Waals surface area contributed by atoms with E-state index in [0.717, 1.165) is 24.2 Å². The molecule has 2 aromatic heterocycles. The van der Waals surface area contributed by atoms with Crippen LogP contribution < -0.4 is 16.9 Å². The van der Waals surface area contributed by atoms with Crippen molar-refractivity contribution in [2.75, 3.05) is 18.9 Å². The summed E-state index contributed by atoms with van der Waals surface area (Å²) >= 11 is 0. The highest BCUT2D eigenvalue weighted by Crippen LogP contribution is 2.20. The Hall–Kier alpha value is -2.67. The highest BCUT2D eigenvalue weighted by molar-refractivity contribution is 5.63. The largest absolute Gasteiger partial charge is 0.395 e. The normalized spacial score (nSPS) is 12.5. The van der Waals surface area contributed by atoms with Gasteiger partial charge >= 0.3 is 0 Å². The number of hydrogen-bond acceptors (Lipinski definition) is 7. The van der Waals surface area contributed by atoms with Crippen LogP contribution in [0.1, 0.15) is 51.1 Å². The van der Waals surface area contributed by atoms with Crippen LogP contribution in [0.3, 0.4) is 0 Å². The van der Waals surface area contributed by atoms with Gasteiger partial charge in [0.1, 0.15) is 0 Å². The molecule has 0 spiro atoms. The topological polar surface area (TPSA) is 106 Å². The van der Waals surface area contributed by atoms with Gasteiger partial charge in [0, 0.05) is 24.9 Å². The first-order chi connectivity index (χ1) is 12.7. The molecule has 0 aromatic carbocycles. The predicted octanol–water partition coefficient (Wildman–Crippen LogP) is 2.67. The first-order valence-electron chi connectivity index (χ1n) is 9.22. The molecule has 0 fully saturated rings. The van der Waals surface area contributed by atoms with Crippen LogP contribution in [0.5, 0.6) is 0 Å². The number of aromatic nitrogens is 3. The molecule has 0 aliphatic rings. The van der Waals surface area contributed by atoms with Crippen LogP contribution in [0.25, 0.3) is 5.70 Å². The van der Waals surface area contributed by atoms with Crippen LogP contribution in [-0.4, -0.2) is 33.6 Å². The standard InChI is InChI=1S/C20H31N7/c1-6-7-14-8-9-15(24-12-14)18(21)16(27(5)22)13-25-19-23-11-10-17(26-19)20(2,3)4/h8-12H,6-7,13,21-22H2,1-5H3,(H,23,25,26)/b18-16-. The van der Waals surface area contributed by atoms with Gasteiger partial charge in [0.05, 0.1) is 29.3 Å². The lowest BCUT2D eigenvalue weighted by molar-refractivity contribution is 0.438. The lowest BCUT2D eigenvalue weighted by Crippen LogP contribution is -2.32. The maximum Gasteiger partial charge on any atom is 0.223 e. The van der Waals surface area contributed by atoms with Crippen LogP contribution in [0.2, 0.25) is 0 Å². The maximum atomic E-state index is 6.34. The zero-order chi connectivity index (χ0) is 20.0. The summed E-state index contributed by atoms with van der Waals surface area (Å²) in [6.45, 7) is 8.88. The van der Waals surface area contributed by atoms with E-state index in [9.17, 15) is 0 Å². The minimum Gasteiger partial charge on any atom is -0.395 e. The van der Waals surface area contributed by atoms with Crippen molar-refractivity contribution < 1.29 is 0 Å². The summed E-state index contributed by atoms with van der Waals surface area (Å²) in [6, 6.07) is 5.91. The minimum absolute atomic E-state index is 0.0497. The van der Waals surface area contributed by atoms with Gasteiger partial charge in [-0.05, 0) is 24.1 Å². The lowest BCUT2D eigenvalue weighted by atomic mass is 9.92. The van der Waals surface area contributed by atoms with Gasteiger partial charge in [0.15, 0.2) is 0 Å². The van der Waals surface area contributed by atoms with Crippen molar-refractivity contribution in [1.82, 2.24) is 20.0 Å². The molecule has 0 aliphatic carbocycles. The molecule has 7 heteroatoms. The van der Waals surface area contributed by atoms with Crippen molar-refractivity contribution >= 4 is 11.6 Å². The molecule has 0 radical (unpaired) electrons. The smallest absolute Gasteiger partial charge is 0.223 e. The minimum atomic E-state index is -0.0497. The van der Waals surface area contributed by atoms with Gasteiger partial charge in [0.25, 0.3) is 0 Å². The summed E-state index contributed by atoms with van der Waals surface area (Å²) in [4.78, 5) is 13.3. The quantitative estimate of drug-likeness (QED) is 0.509. The van der Waals surface area contributed by atoms with Crippen molar-refractivity contribution in [2.24, 2.45) is 11.6 Å². The van der Waals surface area contributed by atoms with Gasteiger partial charge in [0.2, 0.25) is 5.95 Å². The Morgan fingerprint density at radius 1 is 1.19 bits per heavy atom. The molecule has 0 aliphatic heterocycles. The highest BCUT2D eigenvalue weighted by atomic mass is 15.4. The summed E-state index contributed by atoms with van der Waals surface area (Å²) in [7, 11) is 1.75. The third-order valence-electron chi connectivity index (χ3n) is 4.21. The van der Waals surface area contributed by atoms with Crippen molar-refractivity contribution in [1.29, 1.82) is 0 Å². The third kappa shape index (κ3) is 5.65. The molecular formula is C20H31N7. The fraction of sp³-hybridized carbons (Fsp3) is 0.450. The van der Waals surface area contributed by atoms with Gasteiger partial charge in [-0.3, -0.25) is 4.98 Å². The van der Waals surface area contributed by atoms with E-state index in [0.29, 0.717) is 23.9 Å². The van der Waals surface area contributed by atoms with Crippen molar-refractivity contribution in [2.45, 2.75) is 46.0 Å². The number of likely N-dealkylation sites (N-methyl/N-ethyl adjacent to an activating group) is 1. The highest BCUT2D eigenvalue weighted by Gasteiger charge is 2.16. The molecule has 0 saturated carbocycles. The summed E-state index contributed by atoms with van der Waals surface area (Å²) in [6.07, 6.45) is 5.70. The molecule has 7 nitrogen and oxygen atoms in total. The van der Waals surface area contributed by atoms with E-state index in [4.69, 9.17) is 11.6 Å². The molecule has 0 atom stereocenters. The number of pyridine rings is 1. The summed E-state index contributed by atoms with van der Waals surface area (Å²) in [5, 5.41) is 4.71. The van der Waals surface area contributed by atoms with Crippen LogP contribution >= 0.6 is 0 Å². The molecule has 2 aromatic rings. The molecule has 27 heavy (non-hydrogen) atoms. The SMILES string of the molecule is CCCc1ccc(/C(N)=C(\CNc2nccc(C(C)(C)C)n2)N(C)N)nc1. The van der Waals surface area contributed by atoms with E-state index in [1.807, 2.05) is 18.3 Å². The van der Waals surface area contributed by atoms with E-state index >= 15 is 0 Å². The first-order valence-corrected chi connectivity index (χ1v) is 9.22. The number of anilines is 1. The van der Waals surface area contributed by atoms with E-state index in [1.165, 1.54) is 10.6 Å². The molecule has 0 bridgehead atoms. The summed E-state index contributed by atoms with van der Waals surface area (Å²) < 4.78 is 0. The van der Waals surface area contributed by atoms with E-state index in [-0.39, 0.29) is 5.41 Å². The zero-order valence-corrected chi connectivity index (χ0v) is 17.0. The lowest BCUT2D eigenvalue weighted by Gasteiger charge is -2.21. The molecule has 0 unspecified atom stereocenters. The Morgan fingerprint density at radius 3 is 2.48 bits per heavy atom. The van der Waals surface area contributed by atoms with Crippen LogP contribution in [0.4, 0.5) is 5.95 Å². The Kier molecular flexibility index (Phi) is 6.74. The fourth-order valence-electron chi connectivity index (χ4n) is 2.60. The molecule has 146 valence electrons. The van der Waals surface area contributed by atoms with Gasteiger partial charge in [-0.1, -0.05) is 40.2 Å². The summed E-state index contributed by atoms with van der Waals surface area (Å²) in [5.74, 6) is 6.55. The number of hydrazine groups is 1. The number of nitrogens with zero attached hydrogens (tertiary/aromatic N) is 4. The second-order valence-corrected chi connectivity index (χ2v) is 7.64. The zero-order valence-electron chi connectivity index (χ0n) is 17.0. The second kappa shape index (κ2) is 8.81. The molecule has 2 heterocycles. The molecule has 5 N–H and O–H groups in total. The van der Waals surface area contributed by atoms with E-state index in [1.54, 1.807) is 13.2 Å². The van der Waals surface area contributed by atoms with Gasteiger partial charge in [-0.25, -0.2) is 15.8 Å². The van der Waals surface area contributed by atoms with E-state index < -0.39 is 0 Å². The Balaban J connectivity index is 2.21. The fourth-order valence-corrected chi connectivity index (χ4v) is 2.60. The number of rotatable bonds is 7. The van der Waals surface area contributed by atoms with Gasteiger partial charge < -0.3 is 16.1 Å². The van der Waals surface area contributed by atoms with Gasteiger partial charge in [-0.15, -0.1) is 0 Å². The number of nitrogens with one attached hydrogen (secondary N) is 1. The Morgan fingerprint density at radius 2 is 1.93 bits per heavy atom. The molecule has 2 rings (SSSR count). The predicted molar refractivity (Wildman–Crippen MR) is 111 cm³/mol. The summed E-state index contributed by atoms with van der Waals surface area (Å²) in [5.41, 5.74) is 10.4.